The minimum absolute atomic E-state index is 0.178. The fourth-order valence-electron chi connectivity index (χ4n) is 2.40. The Morgan fingerprint density at radius 3 is 2.76 bits per heavy atom. The molecule has 114 valence electrons. The molecule has 3 nitrogen and oxygen atoms in total. The molecular formula is C17H23IN2O. The summed E-state index contributed by atoms with van der Waals surface area (Å²) >= 11 is 2.32. The molecule has 1 aromatic rings. The number of hydrogen-bond acceptors (Lipinski definition) is 2. The minimum Gasteiger partial charge on any atom is -0.352 e. The van der Waals surface area contributed by atoms with Gasteiger partial charge < -0.3 is 10.6 Å². The van der Waals surface area contributed by atoms with Gasteiger partial charge in [-0.05, 0) is 72.5 Å². The average Bonchev–Trinajstić information content (AvgIpc) is 2.52. The molecule has 21 heavy (non-hydrogen) atoms. The first-order chi connectivity index (χ1) is 10.2. The SMILES string of the molecule is O=C(CCCCc1ccc(I)cc1)NCC1=CCNCC1. The van der Waals surface area contributed by atoms with Crippen molar-refractivity contribution in [3.63, 3.8) is 0 Å². The van der Waals surface area contributed by atoms with Gasteiger partial charge in [0.2, 0.25) is 5.91 Å². The third-order valence-corrected chi connectivity index (χ3v) is 4.42. The minimum atomic E-state index is 0.178. The van der Waals surface area contributed by atoms with E-state index in [-0.39, 0.29) is 5.91 Å². The van der Waals surface area contributed by atoms with Crippen LogP contribution >= 0.6 is 22.6 Å². The number of carbonyl (C=O) groups excluding carboxylic acids is 1. The predicted molar refractivity (Wildman–Crippen MR) is 95.3 cm³/mol. The molecule has 0 bridgehead atoms. The number of amides is 1. The zero-order valence-corrected chi connectivity index (χ0v) is 14.5. The van der Waals surface area contributed by atoms with E-state index in [1.165, 1.54) is 14.7 Å². The van der Waals surface area contributed by atoms with Gasteiger partial charge in [0.15, 0.2) is 0 Å². The van der Waals surface area contributed by atoms with Gasteiger partial charge in [0.25, 0.3) is 0 Å². The third kappa shape index (κ3) is 6.61. The quantitative estimate of drug-likeness (QED) is 0.421. The molecule has 1 amide bonds. The molecular weight excluding hydrogens is 375 g/mol. The number of hydrogen-bond donors (Lipinski definition) is 2. The topological polar surface area (TPSA) is 41.1 Å². The van der Waals surface area contributed by atoms with E-state index in [1.807, 2.05) is 0 Å². The van der Waals surface area contributed by atoms with Crippen molar-refractivity contribution in [2.75, 3.05) is 19.6 Å². The lowest BCUT2D eigenvalue weighted by Gasteiger charge is -2.14. The number of unbranched alkanes of at least 4 members (excludes halogenated alkanes) is 1. The van der Waals surface area contributed by atoms with Crippen LogP contribution in [0.1, 0.15) is 31.2 Å². The van der Waals surface area contributed by atoms with Crippen molar-refractivity contribution >= 4 is 28.5 Å². The molecule has 0 spiro atoms. The second-order valence-electron chi connectivity index (χ2n) is 5.43. The van der Waals surface area contributed by atoms with Crippen LogP contribution in [0, 0.1) is 3.57 Å². The Morgan fingerprint density at radius 1 is 1.24 bits per heavy atom. The Labute approximate surface area is 140 Å². The molecule has 1 aliphatic rings. The van der Waals surface area contributed by atoms with E-state index in [1.54, 1.807) is 0 Å². The molecule has 0 fully saturated rings. The van der Waals surface area contributed by atoms with Crippen LogP contribution in [-0.4, -0.2) is 25.5 Å². The number of nitrogens with one attached hydrogen (secondary N) is 2. The lowest BCUT2D eigenvalue weighted by Crippen LogP contribution is -2.29. The summed E-state index contributed by atoms with van der Waals surface area (Å²) in [6.45, 7) is 2.68. The standard InChI is InChI=1S/C17H23IN2O/c18-16-7-5-14(6-8-16)3-1-2-4-17(21)20-13-15-9-11-19-12-10-15/h5-9,19H,1-4,10-13H2,(H,20,21). The first-order valence-corrected chi connectivity index (χ1v) is 8.72. The number of aryl methyl sites for hydroxylation is 1. The van der Waals surface area contributed by atoms with E-state index in [9.17, 15) is 4.79 Å². The maximum absolute atomic E-state index is 11.8. The molecule has 2 rings (SSSR count). The van der Waals surface area contributed by atoms with Crippen LogP contribution in [-0.2, 0) is 11.2 Å². The van der Waals surface area contributed by atoms with Crippen LogP contribution in [0.2, 0.25) is 0 Å². The van der Waals surface area contributed by atoms with Gasteiger partial charge in [-0.1, -0.05) is 23.8 Å². The van der Waals surface area contributed by atoms with Gasteiger partial charge >= 0.3 is 0 Å². The summed E-state index contributed by atoms with van der Waals surface area (Å²) in [6.07, 6.45) is 6.95. The normalized spacial score (nSPS) is 14.6. The van der Waals surface area contributed by atoms with E-state index in [0.717, 1.165) is 45.3 Å². The van der Waals surface area contributed by atoms with E-state index in [2.05, 4.69) is 63.6 Å². The number of benzene rings is 1. The van der Waals surface area contributed by atoms with Crippen molar-refractivity contribution in [1.29, 1.82) is 0 Å². The number of rotatable bonds is 7. The molecule has 0 saturated heterocycles. The van der Waals surface area contributed by atoms with Gasteiger partial charge in [0, 0.05) is 23.1 Å². The van der Waals surface area contributed by atoms with Crippen LogP contribution in [0.3, 0.4) is 0 Å². The molecule has 1 aromatic carbocycles. The van der Waals surface area contributed by atoms with Crippen molar-refractivity contribution in [2.24, 2.45) is 0 Å². The van der Waals surface area contributed by atoms with E-state index >= 15 is 0 Å². The second kappa shape index (κ2) is 9.20. The fraction of sp³-hybridized carbons (Fsp3) is 0.471. The zero-order valence-electron chi connectivity index (χ0n) is 12.3. The van der Waals surface area contributed by atoms with Crippen molar-refractivity contribution in [3.8, 4) is 0 Å². The summed E-state index contributed by atoms with van der Waals surface area (Å²) < 4.78 is 1.27. The Morgan fingerprint density at radius 2 is 2.05 bits per heavy atom. The highest BCUT2D eigenvalue weighted by Crippen LogP contribution is 2.10. The van der Waals surface area contributed by atoms with Crippen molar-refractivity contribution in [1.82, 2.24) is 10.6 Å². The zero-order chi connectivity index (χ0) is 14.9. The Kier molecular flexibility index (Phi) is 7.23. The smallest absolute Gasteiger partial charge is 0.220 e. The van der Waals surface area contributed by atoms with Crippen molar-refractivity contribution in [3.05, 3.63) is 45.0 Å². The highest BCUT2D eigenvalue weighted by molar-refractivity contribution is 14.1. The molecule has 0 aliphatic carbocycles. The maximum atomic E-state index is 11.8. The van der Waals surface area contributed by atoms with Gasteiger partial charge in [0.1, 0.15) is 0 Å². The van der Waals surface area contributed by atoms with Gasteiger partial charge in [-0.15, -0.1) is 0 Å². The lowest BCUT2D eigenvalue weighted by molar-refractivity contribution is -0.121. The first-order valence-electron chi connectivity index (χ1n) is 7.64. The molecule has 0 aromatic heterocycles. The molecule has 0 saturated carbocycles. The Hall–Kier alpha value is -0.880. The molecule has 0 radical (unpaired) electrons. The largest absolute Gasteiger partial charge is 0.352 e. The van der Waals surface area contributed by atoms with Gasteiger partial charge in [0.05, 0.1) is 0 Å². The summed E-state index contributed by atoms with van der Waals surface area (Å²) in [7, 11) is 0. The Balaban J connectivity index is 1.56. The predicted octanol–water partition coefficient (Wildman–Crippen LogP) is 3.04. The Bertz CT molecular complexity index is 482. The van der Waals surface area contributed by atoms with E-state index in [4.69, 9.17) is 0 Å². The summed E-state index contributed by atoms with van der Waals surface area (Å²) in [6, 6.07) is 8.61. The first kappa shape index (κ1) is 16.5. The molecule has 0 atom stereocenters. The molecule has 0 unspecified atom stereocenters. The molecule has 4 heteroatoms. The fourth-order valence-corrected chi connectivity index (χ4v) is 2.76. The van der Waals surface area contributed by atoms with Crippen LogP contribution in [0.25, 0.3) is 0 Å². The summed E-state index contributed by atoms with van der Waals surface area (Å²) in [5, 5.41) is 6.30. The van der Waals surface area contributed by atoms with Crippen LogP contribution in [0.4, 0.5) is 0 Å². The number of carbonyl (C=O) groups is 1. The van der Waals surface area contributed by atoms with Gasteiger partial charge in [-0.3, -0.25) is 4.79 Å². The van der Waals surface area contributed by atoms with Crippen LogP contribution in [0.15, 0.2) is 35.9 Å². The molecule has 2 N–H and O–H groups in total. The summed E-state index contributed by atoms with van der Waals surface area (Å²) in [4.78, 5) is 11.8. The highest BCUT2D eigenvalue weighted by Gasteiger charge is 2.05. The summed E-state index contributed by atoms with van der Waals surface area (Å²) in [5.74, 6) is 0.178. The maximum Gasteiger partial charge on any atom is 0.220 e. The molecule has 1 heterocycles. The summed E-state index contributed by atoms with van der Waals surface area (Å²) in [5.41, 5.74) is 2.71. The van der Waals surface area contributed by atoms with Gasteiger partial charge in [-0.25, -0.2) is 0 Å². The third-order valence-electron chi connectivity index (χ3n) is 3.70. The second-order valence-corrected chi connectivity index (χ2v) is 6.67. The van der Waals surface area contributed by atoms with E-state index < -0.39 is 0 Å². The number of halogens is 1. The van der Waals surface area contributed by atoms with Crippen LogP contribution < -0.4 is 10.6 Å². The van der Waals surface area contributed by atoms with E-state index in [0.29, 0.717) is 6.42 Å². The molecule has 1 aliphatic heterocycles. The van der Waals surface area contributed by atoms with Crippen molar-refractivity contribution < 1.29 is 4.79 Å². The monoisotopic (exact) mass is 398 g/mol. The van der Waals surface area contributed by atoms with Crippen LogP contribution in [0.5, 0.6) is 0 Å². The highest BCUT2D eigenvalue weighted by atomic mass is 127. The average molecular weight is 398 g/mol. The van der Waals surface area contributed by atoms with Crippen molar-refractivity contribution in [2.45, 2.75) is 32.1 Å². The van der Waals surface area contributed by atoms with Gasteiger partial charge in [-0.2, -0.15) is 0 Å². The lowest BCUT2D eigenvalue weighted by atomic mass is 10.1.